The zero-order chi connectivity index (χ0) is 19.0. The Balaban J connectivity index is 1.82. The van der Waals surface area contributed by atoms with E-state index in [2.05, 4.69) is 15.4 Å². The van der Waals surface area contributed by atoms with E-state index < -0.39 is 10.0 Å². The van der Waals surface area contributed by atoms with Crippen LogP contribution in [-0.4, -0.2) is 33.7 Å². The van der Waals surface area contributed by atoms with Crippen LogP contribution in [0.15, 0.2) is 48.5 Å². The van der Waals surface area contributed by atoms with Crippen LogP contribution in [0.3, 0.4) is 0 Å². The number of carbonyl (C=O) groups excluding carboxylic acids is 1. The fraction of sp³-hybridized carbons (Fsp3) is 0.278. The lowest BCUT2D eigenvalue weighted by atomic mass is 10.1. The first-order valence-electron chi connectivity index (χ1n) is 8.15. The monoisotopic (exact) mass is 395 g/mol. The van der Waals surface area contributed by atoms with Gasteiger partial charge in [0, 0.05) is 18.8 Å². The minimum atomic E-state index is -3.13. The Bertz CT molecular complexity index is 856. The lowest BCUT2D eigenvalue weighted by Gasteiger charge is -2.09. The van der Waals surface area contributed by atoms with Crippen molar-refractivity contribution in [3.05, 3.63) is 64.7 Å². The Morgan fingerprint density at radius 2 is 1.85 bits per heavy atom. The summed E-state index contributed by atoms with van der Waals surface area (Å²) in [5, 5.41) is 6.49. The molecule has 0 aliphatic heterocycles. The first kappa shape index (κ1) is 20.4. The van der Waals surface area contributed by atoms with Crippen molar-refractivity contribution in [1.82, 2.24) is 10.0 Å². The number of nitrogens with one attached hydrogen (secondary N) is 3. The average Bonchev–Trinajstić information content (AvgIpc) is 2.58. The molecular formula is C18H22ClN3O3S. The van der Waals surface area contributed by atoms with Crippen molar-refractivity contribution in [1.29, 1.82) is 0 Å². The second-order valence-corrected chi connectivity index (χ2v) is 8.07. The van der Waals surface area contributed by atoms with Gasteiger partial charge in [-0.25, -0.2) is 13.1 Å². The van der Waals surface area contributed by atoms with E-state index in [0.29, 0.717) is 42.3 Å². The fourth-order valence-electron chi connectivity index (χ4n) is 2.31. The van der Waals surface area contributed by atoms with Gasteiger partial charge in [-0.3, -0.25) is 4.79 Å². The molecule has 3 N–H and O–H groups in total. The van der Waals surface area contributed by atoms with Crippen LogP contribution in [0.1, 0.15) is 22.3 Å². The smallest absolute Gasteiger partial charge is 0.257 e. The zero-order valence-electron chi connectivity index (χ0n) is 14.5. The van der Waals surface area contributed by atoms with Crippen molar-refractivity contribution >= 4 is 33.2 Å². The predicted octanol–water partition coefficient (Wildman–Crippen LogP) is 2.62. The van der Waals surface area contributed by atoms with Crippen LogP contribution in [0.4, 0.5) is 5.69 Å². The molecule has 8 heteroatoms. The van der Waals surface area contributed by atoms with E-state index in [4.69, 9.17) is 11.6 Å². The van der Waals surface area contributed by atoms with Crippen LogP contribution in [0, 0.1) is 0 Å². The number of benzene rings is 2. The number of amides is 1. The third kappa shape index (κ3) is 7.13. The molecule has 0 heterocycles. The summed E-state index contributed by atoms with van der Waals surface area (Å²) >= 11 is 6.04. The van der Waals surface area contributed by atoms with Crippen LogP contribution in [0.25, 0.3) is 0 Å². The third-order valence-electron chi connectivity index (χ3n) is 3.53. The molecule has 26 heavy (non-hydrogen) atoms. The van der Waals surface area contributed by atoms with Gasteiger partial charge in [0.05, 0.1) is 16.8 Å². The maximum atomic E-state index is 12.3. The van der Waals surface area contributed by atoms with Crippen molar-refractivity contribution in [2.45, 2.75) is 13.0 Å². The van der Waals surface area contributed by atoms with E-state index in [1.54, 1.807) is 24.3 Å². The summed E-state index contributed by atoms with van der Waals surface area (Å²) < 4.78 is 24.4. The highest BCUT2D eigenvalue weighted by atomic mass is 35.5. The highest BCUT2D eigenvalue weighted by molar-refractivity contribution is 7.88. The van der Waals surface area contributed by atoms with Crippen LogP contribution in [0.2, 0.25) is 5.02 Å². The first-order chi connectivity index (χ1) is 12.3. The van der Waals surface area contributed by atoms with E-state index in [0.717, 1.165) is 11.8 Å². The summed E-state index contributed by atoms with van der Waals surface area (Å²) in [7, 11) is -3.13. The molecule has 0 radical (unpaired) electrons. The van der Waals surface area contributed by atoms with Gasteiger partial charge in [0.1, 0.15) is 0 Å². The predicted molar refractivity (Wildman–Crippen MR) is 105 cm³/mol. The highest BCUT2D eigenvalue weighted by Gasteiger charge is 2.09. The van der Waals surface area contributed by atoms with Crippen molar-refractivity contribution in [3.8, 4) is 0 Å². The molecule has 6 nitrogen and oxygen atoms in total. The number of anilines is 1. The highest BCUT2D eigenvalue weighted by Crippen LogP contribution is 2.18. The molecule has 2 rings (SSSR count). The Morgan fingerprint density at radius 1 is 1.08 bits per heavy atom. The largest absolute Gasteiger partial charge is 0.322 e. The van der Waals surface area contributed by atoms with Gasteiger partial charge in [-0.1, -0.05) is 35.9 Å². The molecule has 0 saturated carbocycles. The molecule has 0 spiro atoms. The standard InChI is InChI=1S/C18H22ClN3O3S/c1-26(24,25)21-11-5-10-20-13-14-6-4-7-15(12-14)22-18(23)16-8-2-3-9-17(16)19/h2-4,6-9,12,20-21H,5,10-11,13H2,1H3,(H,22,23). The number of carbonyl (C=O) groups is 1. The maximum absolute atomic E-state index is 12.3. The lowest BCUT2D eigenvalue weighted by molar-refractivity contribution is 0.102. The van der Waals surface area contributed by atoms with Gasteiger partial charge in [0.2, 0.25) is 10.0 Å². The number of halogens is 1. The van der Waals surface area contributed by atoms with Gasteiger partial charge in [-0.2, -0.15) is 0 Å². The number of rotatable bonds is 9. The minimum absolute atomic E-state index is 0.257. The molecule has 0 aliphatic carbocycles. The summed E-state index contributed by atoms with van der Waals surface area (Å²) in [4.78, 5) is 12.3. The summed E-state index contributed by atoms with van der Waals surface area (Å²) in [6.07, 6.45) is 1.83. The van der Waals surface area contributed by atoms with Gasteiger partial charge in [-0.15, -0.1) is 0 Å². The van der Waals surface area contributed by atoms with Crippen LogP contribution in [0.5, 0.6) is 0 Å². The molecule has 140 valence electrons. The summed E-state index contributed by atoms with van der Waals surface area (Å²) in [5.41, 5.74) is 2.13. The Hall–Kier alpha value is -1.93. The van der Waals surface area contributed by atoms with Crippen molar-refractivity contribution < 1.29 is 13.2 Å². The molecule has 1 amide bonds. The Labute approximate surface area is 159 Å². The quantitative estimate of drug-likeness (QED) is 0.569. The Morgan fingerprint density at radius 3 is 2.58 bits per heavy atom. The first-order valence-corrected chi connectivity index (χ1v) is 10.4. The lowest BCUT2D eigenvalue weighted by Crippen LogP contribution is -2.26. The summed E-state index contributed by atoms with van der Waals surface area (Å²) in [5.74, 6) is -0.257. The molecule has 0 bridgehead atoms. The Kier molecular flexibility index (Phi) is 7.59. The molecular weight excluding hydrogens is 374 g/mol. The van der Waals surface area contributed by atoms with E-state index in [1.165, 1.54) is 0 Å². The minimum Gasteiger partial charge on any atom is -0.322 e. The molecule has 0 saturated heterocycles. The van der Waals surface area contributed by atoms with Crippen molar-refractivity contribution in [3.63, 3.8) is 0 Å². The van der Waals surface area contributed by atoms with Crippen molar-refractivity contribution in [2.24, 2.45) is 0 Å². The molecule has 0 unspecified atom stereocenters. The number of sulfonamides is 1. The maximum Gasteiger partial charge on any atom is 0.257 e. The van der Waals surface area contributed by atoms with E-state index in [-0.39, 0.29) is 5.91 Å². The molecule has 2 aromatic rings. The molecule has 2 aromatic carbocycles. The van der Waals surface area contributed by atoms with Crippen molar-refractivity contribution in [2.75, 3.05) is 24.7 Å². The number of hydrogen-bond donors (Lipinski definition) is 3. The van der Waals surface area contributed by atoms with Gasteiger partial charge in [-0.05, 0) is 42.8 Å². The molecule has 0 atom stereocenters. The van der Waals surface area contributed by atoms with E-state index in [1.807, 2.05) is 24.3 Å². The normalized spacial score (nSPS) is 11.3. The summed E-state index contributed by atoms with van der Waals surface area (Å²) in [6.45, 7) is 1.70. The molecule has 0 aliphatic rings. The van der Waals surface area contributed by atoms with Crippen LogP contribution >= 0.6 is 11.6 Å². The SMILES string of the molecule is CS(=O)(=O)NCCCNCc1cccc(NC(=O)c2ccccc2Cl)c1. The zero-order valence-corrected chi connectivity index (χ0v) is 16.0. The average molecular weight is 396 g/mol. The summed E-state index contributed by atoms with van der Waals surface area (Å²) in [6, 6.07) is 14.4. The van der Waals surface area contributed by atoms with Gasteiger partial charge >= 0.3 is 0 Å². The fourth-order valence-corrected chi connectivity index (χ4v) is 3.04. The second kappa shape index (κ2) is 9.68. The van der Waals surface area contributed by atoms with Gasteiger partial charge in [0.15, 0.2) is 0 Å². The van der Waals surface area contributed by atoms with Crippen LogP contribution < -0.4 is 15.4 Å². The molecule has 0 fully saturated rings. The van der Waals surface area contributed by atoms with E-state index in [9.17, 15) is 13.2 Å². The second-order valence-electron chi connectivity index (χ2n) is 5.83. The molecule has 0 aromatic heterocycles. The van der Waals surface area contributed by atoms with Crippen LogP contribution in [-0.2, 0) is 16.6 Å². The van der Waals surface area contributed by atoms with Gasteiger partial charge in [0.25, 0.3) is 5.91 Å². The van der Waals surface area contributed by atoms with E-state index >= 15 is 0 Å². The third-order valence-corrected chi connectivity index (χ3v) is 4.59. The number of hydrogen-bond acceptors (Lipinski definition) is 4. The topological polar surface area (TPSA) is 87.3 Å². The van der Waals surface area contributed by atoms with Gasteiger partial charge < -0.3 is 10.6 Å².